The fourth-order valence-corrected chi connectivity index (χ4v) is 1.57. The molecule has 0 unspecified atom stereocenters. The van der Waals surface area contributed by atoms with Crippen LogP contribution in [0.3, 0.4) is 0 Å². The minimum atomic E-state index is 0.122. The molecule has 0 fully saturated rings. The Morgan fingerprint density at radius 1 is 1.23 bits per heavy atom. The number of nitriles is 1. The van der Waals surface area contributed by atoms with E-state index < -0.39 is 0 Å². The van der Waals surface area contributed by atoms with Gasteiger partial charge >= 0.3 is 0 Å². The molecule has 0 bridgehead atoms. The van der Waals surface area contributed by atoms with Gasteiger partial charge in [-0.15, -0.1) is 0 Å². The second-order valence-electron chi connectivity index (χ2n) is 4.34. The van der Waals surface area contributed by atoms with Gasteiger partial charge in [0.2, 0.25) is 0 Å². The van der Waals surface area contributed by atoms with Crippen LogP contribution in [-0.2, 0) is 5.41 Å². The first-order chi connectivity index (χ1) is 5.96. The summed E-state index contributed by atoms with van der Waals surface area (Å²) in [4.78, 5) is 0. The molecule has 0 aliphatic carbocycles. The number of hydrogen-bond acceptors (Lipinski definition) is 1. The highest BCUT2D eigenvalue weighted by Crippen LogP contribution is 2.26. The molecular weight excluding hydrogens is 158 g/mol. The van der Waals surface area contributed by atoms with Gasteiger partial charge in [0.05, 0.1) is 11.6 Å². The Hall–Kier alpha value is -1.29. The third-order valence-corrected chi connectivity index (χ3v) is 2.26. The average Bonchev–Trinajstić information content (AvgIpc) is 2.02. The predicted molar refractivity (Wildman–Crippen MR) is 54.6 cm³/mol. The van der Waals surface area contributed by atoms with Crippen LogP contribution in [0.4, 0.5) is 0 Å². The number of hydrogen-bond donors (Lipinski definition) is 0. The van der Waals surface area contributed by atoms with Crippen LogP contribution in [0, 0.1) is 18.3 Å². The van der Waals surface area contributed by atoms with Crippen molar-refractivity contribution < 1.29 is 0 Å². The van der Waals surface area contributed by atoms with Gasteiger partial charge in [-0.25, -0.2) is 0 Å². The van der Waals surface area contributed by atoms with E-state index in [1.54, 1.807) is 0 Å². The molecule has 0 aliphatic rings. The fourth-order valence-electron chi connectivity index (χ4n) is 1.57. The summed E-state index contributed by atoms with van der Waals surface area (Å²) in [5.74, 6) is 0. The second kappa shape index (κ2) is 3.22. The van der Waals surface area contributed by atoms with E-state index in [1.807, 2.05) is 19.1 Å². The first-order valence-corrected chi connectivity index (χ1v) is 4.47. The maximum atomic E-state index is 8.86. The molecule has 13 heavy (non-hydrogen) atoms. The Labute approximate surface area is 80.0 Å². The predicted octanol–water partition coefficient (Wildman–Crippen LogP) is 3.16. The topological polar surface area (TPSA) is 23.8 Å². The molecule has 0 N–H and O–H groups in total. The Morgan fingerprint density at radius 2 is 1.85 bits per heavy atom. The van der Waals surface area contributed by atoms with E-state index in [2.05, 4.69) is 32.9 Å². The van der Waals surface area contributed by atoms with Gasteiger partial charge < -0.3 is 0 Å². The molecule has 1 aromatic rings. The van der Waals surface area contributed by atoms with Crippen LogP contribution in [0.5, 0.6) is 0 Å². The molecule has 0 heterocycles. The Balaban J connectivity index is 3.34. The summed E-state index contributed by atoms with van der Waals surface area (Å²) in [7, 11) is 0. The molecule has 1 aromatic carbocycles. The summed E-state index contributed by atoms with van der Waals surface area (Å²) in [5.41, 5.74) is 3.27. The third-order valence-electron chi connectivity index (χ3n) is 2.26. The quantitative estimate of drug-likeness (QED) is 0.591. The zero-order valence-electron chi connectivity index (χ0n) is 8.68. The summed E-state index contributed by atoms with van der Waals surface area (Å²) in [6.45, 7) is 8.50. The molecule has 0 aromatic heterocycles. The largest absolute Gasteiger partial charge is 0.192 e. The van der Waals surface area contributed by atoms with Crippen molar-refractivity contribution in [1.82, 2.24) is 0 Å². The fraction of sp³-hybridized carbons (Fsp3) is 0.417. The van der Waals surface area contributed by atoms with E-state index in [4.69, 9.17) is 5.26 Å². The van der Waals surface area contributed by atoms with Crippen molar-refractivity contribution in [2.75, 3.05) is 0 Å². The molecular formula is C12H15N. The highest BCUT2D eigenvalue weighted by atomic mass is 14.3. The normalized spacial score (nSPS) is 11.0. The van der Waals surface area contributed by atoms with Crippen molar-refractivity contribution in [2.45, 2.75) is 33.1 Å². The lowest BCUT2D eigenvalue weighted by Crippen LogP contribution is -2.13. The molecule has 0 radical (unpaired) electrons. The molecule has 0 amide bonds. The first-order valence-electron chi connectivity index (χ1n) is 4.47. The smallest absolute Gasteiger partial charge is 0.0994 e. The minimum absolute atomic E-state index is 0.122. The van der Waals surface area contributed by atoms with Gasteiger partial charge in [0, 0.05) is 0 Å². The van der Waals surface area contributed by atoms with Crippen LogP contribution in [0.2, 0.25) is 0 Å². The summed E-state index contributed by atoms with van der Waals surface area (Å²) in [5, 5.41) is 8.86. The lowest BCUT2D eigenvalue weighted by Gasteiger charge is -2.21. The van der Waals surface area contributed by atoms with Gasteiger partial charge in [-0.2, -0.15) is 5.26 Å². The van der Waals surface area contributed by atoms with Gasteiger partial charge in [0.25, 0.3) is 0 Å². The van der Waals surface area contributed by atoms with Crippen molar-refractivity contribution in [3.8, 4) is 6.07 Å². The highest BCUT2D eigenvalue weighted by molar-refractivity contribution is 5.44. The number of rotatable bonds is 0. The Bertz CT molecular complexity index is 350. The first kappa shape index (κ1) is 9.80. The van der Waals surface area contributed by atoms with Crippen LogP contribution in [0.25, 0.3) is 0 Å². The lowest BCUT2D eigenvalue weighted by molar-refractivity contribution is 0.586. The van der Waals surface area contributed by atoms with Crippen LogP contribution in [-0.4, -0.2) is 0 Å². The van der Waals surface area contributed by atoms with Crippen molar-refractivity contribution in [1.29, 1.82) is 5.26 Å². The molecule has 0 saturated carbocycles. The SMILES string of the molecule is Cc1c(C#N)cccc1C(C)(C)C. The van der Waals surface area contributed by atoms with E-state index in [9.17, 15) is 0 Å². The molecule has 0 atom stereocenters. The van der Waals surface area contributed by atoms with E-state index in [-0.39, 0.29) is 5.41 Å². The maximum absolute atomic E-state index is 8.86. The van der Waals surface area contributed by atoms with Crippen LogP contribution < -0.4 is 0 Å². The van der Waals surface area contributed by atoms with Crippen LogP contribution in [0.1, 0.15) is 37.5 Å². The maximum Gasteiger partial charge on any atom is 0.0994 e. The highest BCUT2D eigenvalue weighted by Gasteiger charge is 2.17. The van der Waals surface area contributed by atoms with Gasteiger partial charge in [0.1, 0.15) is 0 Å². The molecule has 0 saturated heterocycles. The van der Waals surface area contributed by atoms with Gasteiger partial charge in [-0.3, -0.25) is 0 Å². The average molecular weight is 173 g/mol. The zero-order valence-corrected chi connectivity index (χ0v) is 8.68. The van der Waals surface area contributed by atoms with Gasteiger partial charge in [0.15, 0.2) is 0 Å². The molecule has 0 spiro atoms. The monoisotopic (exact) mass is 173 g/mol. The van der Waals surface area contributed by atoms with E-state index in [0.717, 1.165) is 11.1 Å². The zero-order chi connectivity index (χ0) is 10.1. The summed E-state index contributed by atoms with van der Waals surface area (Å²) >= 11 is 0. The van der Waals surface area contributed by atoms with Crippen molar-refractivity contribution in [3.63, 3.8) is 0 Å². The van der Waals surface area contributed by atoms with E-state index in [1.165, 1.54) is 5.56 Å². The van der Waals surface area contributed by atoms with Crippen molar-refractivity contribution in [2.24, 2.45) is 0 Å². The van der Waals surface area contributed by atoms with Crippen molar-refractivity contribution in [3.05, 3.63) is 34.9 Å². The molecule has 1 nitrogen and oxygen atoms in total. The summed E-state index contributed by atoms with van der Waals surface area (Å²) < 4.78 is 0. The Morgan fingerprint density at radius 3 is 2.31 bits per heavy atom. The number of benzene rings is 1. The lowest BCUT2D eigenvalue weighted by atomic mass is 9.83. The van der Waals surface area contributed by atoms with Crippen LogP contribution >= 0.6 is 0 Å². The van der Waals surface area contributed by atoms with Gasteiger partial charge in [-0.1, -0.05) is 32.9 Å². The van der Waals surface area contributed by atoms with Crippen molar-refractivity contribution >= 4 is 0 Å². The van der Waals surface area contributed by atoms with Crippen LogP contribution in [0.15, 0.2) is 18.2 Å². The standard InChI is InChI=1S/C12H15N/c1-9-10(8-13)6-5-7-11(9)12(2,3)4/h5-7H,1-4H3. The molecule has 68 valence electrons. The van der Waals surface area contributed by atoms with E-state index in [0.29, 0.717) is 0 Å². The summed E-state index contributed by atoms with van der Waals surface area (Å²) in [6, 6.07) is 8.12. The van der Waals surface area contributed by atoms with Gasteiger partial charge in [-0.05, 0) is 29.5 Å². The van der Waals surface area contributed by atoms with E-state index >= 15 is 0 Å². The number of nitrogens with zero attached hydrogens (tertiary/aromatic N) is 1. The Kier molecular flexibility index (Phi) is 2.43. The second-order valence-corrected chi connectivity index (χ2v) is 4.34. The third kappa shape index (κ3) is 1.89. The molecule has 1 heteroatoms. The molecule has 0 aliphatic heterocycles. The minimum Gasteiger partial charge on any atom is -0.192 e. The molecule has 1 rings (SSSR count). The summed E-state index contributed by atoms with van der Waals surface area (Å²) in [6.07, 6.45) is 0.